The van der Waals surface area contributed by atoms with Crippen molar-refractivity contribution in [2.24, 2.45) is 0 Å². The van der Waals surface area contributed by atoms with Crippen LogP contribution in [0.5, 0.6) is 0 Å². The largest absolute Gasteiger partial charge is 0.394 e. The summed E-state index contributed by atoms with van der Waals surface area (Å²) in [4.78, 5) is 2.33. The van der Waals surface area contributed by atoms with Crippen LogP contribution in [0.25, 0.3) is 0 Å². The fourth-order valence-corrected chi connectivity index (χ4v) is 2.34. The van der Waals surface area contributed by atoms with Crippen LogP contribution in [0.4, 0.5) is 5.69 Å². The van der Waals surface area contributed by atoms with Gasteiger partial charge in [-0.1, -0.05) is 22.0 Å². The van der Waals surface area contributed by atoms with Gasteiger partial charge in [0.2, 0.25) is 0 Å². The van der Waals surface area contributed by atoms with Crippen LogP contribution in [0.3, 0.4) is 0 Å². The minimum absolute atomic E-state index is 0.0993. The zero-order valence-electron chi connectivity index (χ0n) is 9.16. The van der Waals surface area contributed by atoms with E-state index in [-0.39, 0.29) is 6.61 Å². The van der Waals surface area contributed by atoms with Gasteiger partial charge in [0.1, 0.15) is 0 Å². The van der Waals surface area contributed by atoms with Gasteiger partial charge in [-0.05, 0) is 24.1 Å². The van der Waals surface area contributed by atoms with Crippen LogP contribution in [0.1, 0.15) is 5.56 Å². The van der Waals surface area contributed by atoms with Gasteiger partial charge in [-0.15, -0.1) is 0 Å². The number of halogens is 1. The lowest BCUT2D eigenvalue weighted by Gasteiger charge is -2.19. The molecule has 1 aromatic rings. The fraction of sp³-hybridized carbons (Fsp3) is 0.500. The minimum atomic E-state index is 0.0993. The SMILES string of the molecule is OCCOCCN1CCc2ccc(Br)cc21. The van der Waals surface area contributed by atoms with Crippen molar-refractivity contribution in [1.82, 2.24) is 0 Å². The number of rotatable bonds is 5. The second-order valence-electron chi connectivity index (χ2n) is 3.85. The molecule has 0 aromatic heterocycles. The summed E-state index contributed by atoms with van der Waals surface area (Å²) in [6.45, 7) is 3.16. The van der Waals surface area contributed by atoms with Gasteiger partial charge in [0.25, 0.3) is 0 Å². The Balaban J connectivity index is 1.92. The Morgan fingerprint density at radius 3 is 3.06 bits per heavy atom. The van der Waals surface area contributed by atoms with Crippen LogP contribution in [-0.2, 0) is 11.2 Å². The molecule has 1 aliphatic rings. The Hall–Kier alpha value is -0.580. The average molecular weight is 286 g/mol. The summed E-state index contributed by atoms with van der Waals surface area (Å²) in [5, 5.41) is 8.61. The topological polar surface area (TPSA) is 32.7 Å². The maximum atomic E-state index is 8.61. The molecule has 4 heteroatoms. The number of aliphatic hydroxyl groups excluding tert-OH is 1. The molecule has 3 nitrogen and oxygen atoms in total. The van der Waals surface area contributed by atoms with E-state index in [0.717, 1.165) is 24.0 Å². The second kappa shape index (κ2) is 5.66. The zero-order chi connectivity index (χ0) is 11.4. The molecular weight excluding hydrogens is 270 g/mol. The normalized spacial score (nSPS) is 14.2. The van der Waals surface area contributed by atoms with Crippen LogP contribution in [0.2, 0.25) is 0 Å². The molecule has 1 aliphatic heterocycles. The number of ether oxygens (including phenoxy) is 1. The highest BCUT2D eigenvalue weighted by atomic mass is 79.9. The molecule has 0 saturated carbocycles. The lowest BCUT2D eigenvalue weighted by atomic mass is 10.2. The quantitative estimate of drug-likeness (QED) is 0.838. The summed E-state index contributed by atoms with van der Waals surface area (Å²) >= 11 is 3.49. The van der Waals surface area contributed by atoms with E-state index in [0.29, 0.717) is 13.2 Å². The highest BCUT2D eigenvalue weighted by molar-refractivity contribution is 9.10. The van der Waals surface area contributed by atoms with Crippen molar-refractivity contribution in [3.05, 3.63) is 28.2 Å². The van der Waals surface area contributed by atoms with Crippen molar-refractivity contribution < 1.29 is 9.84 Å². The molecule has 16 heavy (non-hydrogen) atoms. The Kier molecular flexibility index (Phi) is 4.21. The summed E-state index contributed by atoms with van der Waals surface area (Å²) in [6, 6.07) is 6.42. The van der Waals surface area contributed by atoms with Crippen molar-refractivity contribution in [3.8, 4) is 0 Å². The maximum absolute atomic E-state index is 8.61. The van der Waals surface area contributed by atoms with Gasteiger partial charge in [0.05, 0.1) is 19.8 Å². The van der Waals surface area contributed by atoms with Gasteiger partial charge in [-0.2, -0.15) is 0 Å². The van der Waals surface area contributed by atoms with Crippen LogP contribution < -0.4 is 4.90 Å². The minimum Gasteiger partial charge on any atom is -0.394 e. The summed E-state index contributed by atoms with van der Waals surface area (Å²) in [5.41, 5.74) is 2.72. The third-order valence-corrected chi connectivity index (χ3v) is 3.27. The molecule has 0 saturated heterocycles. The third kappa shape index (κ3) is 2.75. The maximum Gasteiger partial charge on any atom is 0.0698 e. The lowest BCUT2D eigenvalue weighted by Crippen LogP contribution is -2.25. The predicted octanol–water partition coefficient (Wildman–Crippen LogP) is 1.82. The Bertz CT molecular complexity index is 357. The number of benzene rings is 1. The van der Waals surface area contributed by atoms with E-state index < -0.39 is 0 Å². The van der Waals surface area contributed by atoms with E-state index in [2.05, 4.69) is 39.0 Å². The summed E-state index contributed by atoms with van der Waals surface area (Å²) in [5.74, 6) is 0. The first kappa shape index (κ1) is 11.9. The molecule has 0 atom stereocenters. The first-order valence-corrected chi connectivity index (χ1v) is 6.32. The van der Waals surface area contributed by atoms with Crippen molar-refractivity contribution in [3.63, 3.8) is 0 Å². The molecule has 1 aromatic carbocycles. The summed E-state index contributed by atoms with van der Waals surface area (Å²) < 4.78 is 6.41. The van der Waals surface area contributed by atoms with Crippen LogP contribution >= 0.6 is 15.9 Å². The van der Waals surface area contributed by atoms with E-state index in [1.165, 1.54) is 11.3 Å². The smallest absolute Gasteiger partial charge is 0.0698 e. The van der Waals surface area contributed by atoms with Crippen molar-refractivity contribution >= 4 is 21.6 Å². The van der Waals surface area contributed by atoms with Gasteiger partial charge < -0.3 is 14.7 Å². The molecule has 0 unspecified atom stereocenters. The first-order chi connectivity index (χ1) is 7.81. The lowest BCUT2D eigenvalue weighted by molar-refractivity contribution is 0.0968. The fourth-order valence-electron chi connectivity index (χ4n) is 1.99. The van der Waals surface area contributed by atoms with Gasteiger partial charge in [0, 0.05) is 23.2 Å². The Morgan fingerprint density at radius 1 is 1.38 bits per heavy atom. The van der Waals surface area contributed by atoms with E-state index in [1.54, 1.807) is 0 Å². The van der Waals surface area contributed by atoms with E-state index in [9.17, 15) is 0 Å². The zero-order valence-corrected chi connectivity index (χ0v) is 10.7. The number of fused-ring (bicyclic) bond motifs is 1. The summed E-state index contributed by atoms with van der Waals surface area (Å²) in [6.07, 6.45) is 1.11. The van der Waals surface area contributed by atoms with Crippen molar-refractivity contribution in [1.29, 1.82) is 0 Å². The monoisotopic (exact) mass is 285 g/mol. The van der Waals surface area contributed by atoms with Gasteiger partial charge >= 0.3 is 0 Å². The number of hydrogen-bond acceptors (Lipinski definition) is 3. The van der Waals surface area contributed by atoms with Gasteiger partial charge in [0.15, 0.2) is 0 Å². The number of hydrogen-bond donors (Lipinski definition) is 1. The second-order valence-corrected chi connectivity index (χ2v) is 4.76. The molecule has 1 heterocycles. The first-order valence-electron chi connectivity index (χ1n) is 5.53. The van der Waals surface area contributed by atoms with Gasteiger partial charge in [-0.25, -0.2) is 0 Å². The van der Waals surface area contributed by atoms with Gasteiger partial charge in [-0.3, -0.25) is 0 Å². The molecule has 0 aliphatic carbocycles. The highest BCUT2D eigenvalue weighted by Crippen LogP contribution is 2.30. The molecule has 0 amide bonds. The van der Waals surface area contributed by atoms with E-state index in [1.807, 2.05) is 0 Å². The van der Waals surface area contributed by atoms with E-state index >= 15 is 0 Å². The highest BCUT2D eigenvalue weighted by Gasteiger charge is 2.18. The molecule has 0 fully saturated rings. The number of aliphatic hydroxyl groups is 1. The van der Waals surface area contributed by atoms with Crippen LogP contribution in [0, 0.1) is 0 Å². The summed E-state index contributed by atoms with van der Waals surface area (Å²) in [7, 11) is 0. The van der Waals surface area contributed by atoms with Crippen molar-refractivity contribution in [2.45, 2.75) is 6.42 Å². The van der Waals surface area contributed by atoms with Crippen LogP contribution in [0.15, 0.2) is 22.7 Å². The third-order valence-electron chi connectivity index (χ3n) is 2.78. The molecule has 0 spiro atoms. The molecule has 0 bridgehead atoms. The number of anilines is 1. The molecule has 2 rings (SSSR count). The number of nitrogens with zero attached hydrogens (tertiary/aromatic N) is 1. The molecule has 88 valence electrons. The molecule has 1 N–H and O–H groups in total. The standard InChI is InChI=1S/C12H16BrNO2/c13-11-2-1-10-3-4-14(12(10)9-11)5-7-16-8-6-15/h1-2,9,15H,3-8H2. The average Bonchev–Trinajstić information content (AvgIpc) is 2.67. The van der Waals surface area contributed by atoms with Crippen molar-refractivity contribution in [2.75, 3.05) is 37.8 Å². The molecular formula is C12H16BrNO2. The van der Waals surface area contributed by atoms with Crippen LogP contribution in [-0.4, -0.2) is 38.0 Å². The molecule has 0 radical (unpaired) electrons. The Labute approximate surface area is 104 Å². The van der Waals surface area contributed by atoms with E-state index in [4.69, 9.17) is 9.84 Å². The Morgan fingerprint density at radius 2 is 2.25 bits per heavy atom. The predicted molar refractivity (Wildman–Crippen MR) is 68.0 cm³/mol.